The first-order valence-electron chi connectivity index (χ1n) is 7.37. The predicted molar refractivity (Wildman–Crippen MR) is 97.7 cm³/mol. The summed E-state index contributed by atoms with van der Waals surface area (Å²) in [6, 6.07) is 6.23. The quantitative estimate of drug-likeness (QED) is 0.775. The summed E-state index contributed by atoms with van der Waals surface area (Å²) < 4.78 is 14.3. The molecule has 2 heterocycles. The van der Waals surface area contributed by atoms with E-state index in [-0.39, 0.29) is 23.9 Å². The zero-order valence-corrected chi connectivity index (χ0v) is 15.9. The molecule has 0 saturated carbocycles. The zero-order chi connectivity index (χ0) is 18.4. The van der Waals surface area contributed by atoms with Gasteiger partial charge in [-0.25, -0.2) is 4.39 Å². The molecule has 8 heteroatoms. The average molecular weight is 421 g/mol. The van der Waals surface area contributed by atoms with Crippen LogP contribution >= 0.6 is 27.3 Å². The van der Waals surface area contributed by atoms with Crippen LogP contribution in [0, 0.1) is 22.6 Å². The van der Waals surface area contributed by atoms with E-state index in [4.69, 9.17) is 10.7 Å². The molecule has 1 aromatic carbocycles. The molecule has 1 saturated heterocycles. The topological polar surface area (TPSA) is 80.0 Å². The number of benzene rings is 1. The number of thiophene rings is 1. The lowest BCUT2D eigenvalue weighted by atomic mass is 9.92. The molecule has 1 aliphatic rings. The molecule has 0 spiro atoms. The number of nitrogens with one attached hydrogen (secondary N) is 2. The van der Waals surface area contributed by atoms with Gasteiger partial charge in [0, 0.05) is 27.3 Å². The lowest BCUT2D eigenvalue weighted by Crippen LogP contribution is -2.57. The highest BCUT2D eigenvalue weighted by molar-refractivity contribution is 9.10. The molecule has 1 fully saturated rings. The number of rotatable bonds is 2. The SMILES string of the molecule is CN1C(=N)N[C@](C)(c2scc(-c3ccc(F)c(C#N)c3)c2Br)CC1=O. The second kappa shape index (κ2) is 6.24. The number of halogens is 2. The van der Waals surface area contributed by atoms with Crippen LogP contribution in [0.1, 0.15) is 23.8 Å². The number of guanidine groups is 1. The maximum absolute atomic E-state index is 13.6. The van der Waals surface area contributed by atoms with Crippen LogP contribution in [0.4, 0.5) is 4.39 Å². The third kappa shape index (κ3) is 2.94. The number of nitrogens with zero attached hydrogens (tertiary/aromatic N) is 2. The Morgan fingerprint density at radius 3 is 2.88 bits per heavy atom. The number of nitriles is 1. The number of hydrogen-bond donors (Lipinski definition) is 2. The Labute approximate surface area is 156 Å². The van der Waals surface area contributed by atoms with Crippen molar-refractivity contribution in [1.29, 1.82) is 10.7 Å². The molecule has 2 N–H and O–H groups in total. The van der Waals surface area contributed by atoms with Gasteiger partial charge in [-0.3, -0.25) is 15.1 Å². The number of carbonyl (C=O) groups excluding carboxylic acids is 1. The van der Waals surface area contributed by atoms with Gasteiger partial charge in [0.1, 0.15) is 11.9 Å². The van der Waals surface area contributed by atoms with Crippen molar-refractivity contribution in [2.75, 3.05) is 7.05 Å². The molecule has 1 atom stereocenters. The maximum Gasteiger partial charge on any atom is 0.231 e. The van der Waals surface area contributed by atoms with Crippen LogP contribution in [0.15, 0.2) is 28.1 Å². The molecule has 1 aromatic heterocycles. The van der Waals surface area contributed by atoms with Gasteiger partial charge in [-0.1, -0.05) is 6.07 Å². The molecular formula is C17H14BrFN4OS. The molecular weight excluding hydrogens is 407 g/mol. The van der Waals surface area contributed by atoms with Gasteiger partial charge in [-0.15, -0.1) is 11.3 Å². The van der Waals surface area contributed by atoms with Crippen LogP contribution in [-0.4, -0.2) is 23.8 Å². The summed E-state index contributed by atoms with van der Waals surface area (Å²) in [7, 11) is 1.56. The molecule has 5 nitrogen and oxygen atoms in total. The van der Waals surface area contributed by atoms with Gasteiger partial charge in [0.2, 0.25) is 5.91 Å². The molecule has 0 bridgehead atoms. The van der Waals surface area contributed by atoms with Gasteiger partial charge in [-0.05, 0) is 40.5 Å². The fourth-order valence-electron chi connectivity index (χ4n) is 2.76. The van der Waals surface area contributed by atoms with Crippen molar-refractivity contribution in [3.63, 3.8) is 0 Å². The van der Waals surface area contributed by atoms with Crippen molar-refractivity contribution in [3.05, 3.63) is 44.3 Å². The molecule has 2 aromatic rings. The van der Waals surface area contributed by atoms with Crippen molar-refractivity contribution in [3.8, 4) is 17.2 Å². The fourth-order valence-corrected chi connectivity index (χ4v) is 5.06. The molecule has 0 unspecified atom stereocenters. The van der Waals surface area contributed by atoms with E-state index in [0.29, 0.717) is 5.56 Å². The van der Waals surface area contributed by atoms with Crippen molar-refractivity contribution >= 4 is 39.1 Å². The van der Waals surface area contributed by atoms with E-state index < -0.39 is 11.4 Å². The van der Waals surface area contributed by atoms with E-state index in [1.165, 1.54) is 28.4 Å². The lowest BCUT2D eigenvalue weighted by Gasteiger charge is -2.39. The first-order valence-corrected chi connectivity index (χ1v) is 9.05. The Kier molecular flexibility index (Phi) is 4.39. The molecule has 128 valence electrons. The first-order chi connectivity index (χ1) is 11.8. The summed E-state index contributed by atoms with van der Waals surface area (Å²) in [4.78, 5) is 14.3. The fraction of sp³-hybridized carbons (Fsp3) is 0.235. The van der Waals surface area contributed by atoms with E-state index in [2.05, 4.69) is 21.2 Å². The Morgan fingerprint density at radius 2 is 2.24 bits per heavy atom. The summed E-state index contributed by atoms with van der Waals surface area (Å²) >= 11 is 5.02. The zero-order valence-electron chi connectivity index (χ0n) is 13.5. The minimum atomic E-state index is -0.708. The molecule has 0 radical (unpaired) electrons. The monoisotopic (exact) mass is 420 g/mol. The van der Waals surface area contributed by atoms with Crippen molar-refractivity contribution < 1.29 is 9.18 Å². The second-order valence-electron chi connectivity index (χ2n) is 6.03. The van der Waals surface area contributed by atoms with Gasteiger partial charge < -0.3 is 5.32 Å². The van der Waals surface area contributed by atoms with Crippen molar-refractivity contribution in [2.45, 2.75) is 18.9 Å². The van der Waals surface area contributed by atoms with Crippen LogP contribution in [0.3, 0.4) is 0 Å². The van der Waals surface area contributed by atoms with E-state index in [1.54, 1.807) is 13.1 Å². The van der Waals surface area contributed by atoms with Gasteiger partial charge >= 0.3 is 0 Å². The number of hydrogen-bond acceptors (Lipinski definition) is 4. The van der Waals surface area contributed by atoms with E-state index in [1.807, 2.05) is 18.4 Å². The van der Waals surface area contributed by atoms with Gasteiger partial charge in [0.15, 0.2) is 5.96 Å². The Hall–Kier alpha value is -2.24. The molecule has 3 rings (SSSR count). The minimum absolute atomic E-state index is 0.0160. The maximum atomic E-state index is 13.6. The van der Waals surface area contributed by atoms with E-state index in [0.717, 1.165) is 14.9 Å². The van der Waals surface area contributed by atoms with Gasteiger partial charge in [-0.2, -0.15) is 5.26 Å². The van der Waals surface area contributed by atoms with Crippen molar-refractivity contribution in [1.82, 2.24) is 10.2 Å². The lowest BCUT2D eigenvalue weighted by molar-refractivity contribution is -0.129. The van der Waals surface area contributed by atoms with Crippen LogP contribution in [0.2, 0.25) is 0 Å². The molecule has 0 aliphatic carbocycles. The van der Waals surface area contributed by atoms with Crippen LogP contribution < -0.4 is 5.32 Å². The third-order valence-corrected chi connectivity index (χ3v) is 6.57. The summed E-state index contributed by atoms with van der Waals surface area (Å²) in [5, 5.41) is 22.0. The summed E-state index contributed by atoms with van der Waals surface area (Å²) in [5.41, 5.74) is 0.806. The minimum Gasteiger partial charge on any atom is -0.345 e. The van der Waals surface area contributed by atoms with Gasteiger partial charge in [0.25, 0.3) is 0 Å². The molecule has 25 heavy (non-hydrogen) atoms. The van der Waals surface area contributed by atoms with E-state index >= 15 is 0 Å². The normalized spacial score (nSPS) is 20.4. The first kappa shape index (κ1) is 17.6. The number of carbonyl (C=O) groups is 1. The Balaban J connectivity index is 2.04. The number of amides is 1. The summed E-state index contributed by atoms with van der Waals surface area (Å²) in [6.45, 7) is 1.87. The third-order valence-electron chi connectivity index (χ3n) is 4.24. The smallest absolute Gasteiger partial charge is 0.231 e. The van der Waals surface area contributed by atoms with E-state index in [9.17, 15) is 9.18 Å². The highest BCUT2D eigenvalue weighted by Crippen LogP contribution is 2.43. The standard InChI is InChI=1S/C17H14BrFN4OS/c1-17(6-13(24)23(2)16(21)22-17)15-14(18)11(8-25-15)9-3-4-12(19)10(5-9)7-20/h3-5,8H,6H2,1-2H3,(H2,21,22)/t17-/m0/s1. The Bertz CT molecular complexity index is 915. The van der Waals surface area contributed by atoms with Gasteiger partial charge in [0.05, 0.1) is 17.5 Å². The largest absolute Gasteiger partial charge is 0.345 e. The van der Waals surface area contributed by atoms with Crippen molar-refractivity contribution in [2.24, 2.45) is 0 Å². The van der Waals surface area contributed by atoms with Crippen LogP contribution in [-0.2, 0) is 10.3 Å². The summed E-state index contributed by atoms with van der Waals surface area (Å²) in [5.74, 6) is -0.642. The highest BCUT2D eigenvalue weighted by atomic mass is 79.9. The van der Waals surface area contributed by atoms with Crippen LogP contribution in [0.25, 0.3) is 11.1 Å². The highest BCUT2D eigenvalue weighted by Gasteiger charge is 2.40. The molecule has 1 amide bonds. The predicted octanol–water partition coefficient (Wildman–Crippen LogP) is 3.79. The molecule has 1 aliphatic heterocycles. The summed E-state index contributed by atoms with van der Waals surface area (Å²) in [6.07, 6.45) is 0.220. The second-order valence-corrected chi connectivity index (χ2v) is 7.71. The van der Waals surface area contributed by atoms with Crippen LogP contribution in [0.5, 0.6) is 0 Å². The Morgan fingerprint density at radius 1 is 1.52 bits per heavy atom. The average Bonchev–Trinajstić information content (AvgIpc) is 2.95.